The Morgan fingerprint density at radius 2 is 1.86 bits per heavy atom. The first-order chi connectivity index (χ1) is 17.5. The Balaban J connectivity index is 1.43. The van der Waals surface area contributed by atoms with E-state index in [1.165, 1.54) is 0 Å². The molecule has 4 aromatic rings. The molecule has 2 aromatic heterocycles. The number of aromatic nitrogens is 4. The molecule has 0 aliphatic carbocycles. The third kappa shape index (κ3) is 4.32. The predicted molar refractivity (Wildman–Crippen MR) is 139 cm³/mol. The van der Waals surface area contributed by atoms with Crippen molar-refractivity contribution in [3.8, 4) is 17.2 Å². The van der Waals surface area contributed by atoms with Gasteiger partial charge in [-0.1, -0.05) is 18.2 Å². The molecule has 3 heterocycles. The number of nitrogens with zero attached hydrogens (tertiary/aromatic N) is 5. The van der Waals surface area contributed by atoms with Gasteiger partial charge < -0.3 is 19.7 Å². The van der Waals surface area contributed by atoms with Gasteiger partial charge in [-0.25, -0.2) is 4.68 Å². The fourth-order valence-corrected chi connectivity index (χ4v) is 4.88. The quantitative estimate of drug-likeness (QED) is 0.434. The van der Waals surface area contributed by atoms with E-state index in [0.29, 0.717) is 29.5 Å². The van der Waals surface area contributed by atoms with Crippen molar-refractivity contribution in [2.75, 3.05) is 37.5 Å². The number of amides is 1. The molecule has 5 rings (SSSR count). The topological polar surface area (TPSA) is 94.4 Å². The molecule has 1 atom stereocenters. The molecule has 0 bridgehead atoms. The van der Waals surface area contributed by atoms with Crippen LogP contribution in [0.3, 0.4) is 0 Å². The van der Waals surface area contributed by atoms with Gasteiger partial charge in [0.25, 0.3) is 0 Å². The molecule has 1 unspecified atom stereocenters. The van der Waals surface area contributed by atoms with E-state index in [9.17, 15) is 4.79 Å². The third-order valence-electron chi connectivity index (χ3n) is 6.74. The largest absolute Gasteiger partial charge is 0.497 e. The third-order valence-corrected chi connectivity index (χ3v) is 6.74. The van der Waals surface area contributed by atoms with E-state index in [4.69, 9.17) is 14.6 Å². The molecular weight excluding hydrogens is 456 g/mol. The first-order valence-corrected chi connectivity index (χ1v) is 12.1. The number of anilines is 2. The summed E-state index contributed by atoms with van der Waals surface area (Å²) >= 11 is 0. The second kappa shape index (κ2) is 9.85. The zero-order valence-electron chi connectivity index (χ0n) is 21.0. The molecule has 1 aliphatic heterocycles. The number of piperidine rings is 1. The molecular formula is C27H30N6O3. The van der Waals surface area contributed by atoms with Crippen molar-refractivity contribution in [3.63, 3.8) is 0 Å². The van der Waals surface area contributed by atoms with E-state index >= 15 is 0 Å². The van der Waals surface area contributed by atoms with Crippen molar-refractivity contribution >= 4 is 28.3 Å². The maximum Gasteiger partial charge on any atom is 0.229 e. The number of fused-ring (bicyclic) bond motifs is 1. The Bertz CT molecular complexity index is 1400. The summed E-state index contributed by atoms with van der Waals surface area (Å²) in [6.07, 6.45) is 1.65. The van der Waals surface area contributed by atoms with Gasteiger partial charge in [0.2, 0.25) is 5.91 Å². The smallest absolute Gasteiger partial charge is 0.229 e. The van der Waals surface area contributed by atoms with Crippen LogP contribution >= 0.6 is 0 Å². The predicted octanol–water partition coefficient (Wildman–Crippen LogP) is 4.30. The van der Waals surface area contributed by atoms with Crippen LogP contribution in [0, 0.1) is 19.8 Å². The molecule has 1 saturated heterocycles. The minimum Gasteiger partial charge on any atom is -0.497 e. The van der Waals surface area contributed by atoms with E-state index in [1.807, 2.05) is 41.9 Å². The molecule has 9 heteroatoms. The van der Waals surface area contributed by atoms with Crippen molar-refractivity contribution < 1.29 is 14.3 Å². The van der Waals surface area contributed by atoms with E-state index in [2.05, 4.69) is 27.3 Å². The average molecular weight is 487 g/mol. The van der Waals surface area contributed by atoms with Crippen LogP contribution in [0.25, 0.3) is 16.6 Å². The standard InChI is InChI=1S/C27H30N6O3/c1-17-24-18(2)33(20-10-6-5-7-11-20)31-25(24)26(30-29-17)32-14-8-9-19(16-32)27(34)28-22-15-21(35-3)12-13-23(22)36-4/h5-7,10-13,15,19H,8-9,14,16H2,1-4H3,(H,28,34). The number of hydrogen-bond acceptors (Lipinski definition) is 7. The lowest BCUT2D eigenvalue weighted by Gasteiger charge is -2.32. The van der Waals surface area contributed by atoms with Gasteiger partial charge in [-0.15, -0.1) is 5.10 Å². The maximum absolute atomic E-state index is 13.3. The zero-order chi connectivity index (χ0) is 25.2. The van der Waals surface area contributed by atoms with Gasteiger partial charge in [-0.3, -0.25) is 4.79 Å². The Kier molecular flexibility index (Phi) is 6.45. The van der Waals surface area contributed by atoms with Crippen LogP contribution in [0.2, 0.25) is 0 Å². The van der Waals surface area contributed by atoms with Gasteiger partial charge >= 0.3 is 0 Å². The van der Waals surface area contributed by atoms with Crippen molar-refractivity contribution in [2.45, 2.75) is 26.7 Å². The van der Waals surface area contributed by atoms with Crippen LogP contribution in [0.5, 0.6) is 11.5 Å². The molecule has 1 N–H and O–H groups in total. The van der Waals surface area contributed by atoms with Gasteiger partial charge in [0.05, 0.1) is 48.3 Å². The monoisotopic (exact) mass is 486 g/mol. The lowest BCUT2D eigenvalue weighted by Crippen LogP contribution is -2.41. The SMILES string of the molecule is COc1ccc(OC)c(NC(=O)C2CCCN(c3nnc(C)c4c(C)n(-c5ccccc5)nc34)C2)c1. The number of nitrogens with one attached hydrogen (secondary N) is 1. The van der Waals surface area contributed by atoms with E-state index in [0.717, 1.165) is 47.4 Å². The summed E-state index contributed by atoms with van der Waals surface area (Å²) in [5.74, 6) is 1.67. The number of hydrogen-bond donors (Lipinski definition) is 1. The zero-order valence-corrected chi connectivity index (χ0v) is 21.0. The molecule has 0 radical (unpaired) electrons. The highest BCUT2D eigenvalue weighted by Gasteiger charge is 2.30. The normalized spacial score (nSPS) is 15.7. The average Bonchev–Trinajstić information content (AvgIpc) is 3.27. The second-order valence-electron chi connectivity index (χ2n) is 9.01. The molecule has 1 amide bonds. The summed E-state index contributed by atoms with van der Waals surface area (Å²) < 4.78 is 12.7. The van der Waals surface area contributed by atoms with Crippen molar-refractivity contribution in [3.05, 3.63) is 59.9 Å². The number of aryl methyl sites for hydroxylation is 2. The number of ether oxygens (including phenoxy) is 2. The Labute approximate surface area is 210 Å². The minimum absolute atomic E-state index is 0.0615. The summed E-state index contributed by atoms with van der Waals surface area (Å²) in [6.45, 7) is 5.32. The second-order valence-corrected chi connectivity index (χ2v) is 9.01. The molecule has 36 heavy (non-hydrogen) atoms. The Morgan fingerprint density at radius 1 is 1.06 bits per heavy atom. The molecule has 1 aliphatic rings. The Hall–Kier alpha value is -4.14. The summed E-state index contributed by atoms with van der Waals surface area (Å²) in [5.41, 5.74) is 4.24. The van der Waals surface area contributed by atoms with E-state index < -0.39 is 0 Å². The fourth-order valence-electron chi connectivity index (χ4n) is 4.88. The van der Waals surface area contributed by atoms with Gasteiger partial charge in [-0.2, -0.15) is 10.2 Å². The lowest BCUT2D eigenvalue weighted by atomic mass is 9.96. The number of methoxy groups -OCH3 is 2. The summed E-state index contributed by atoms with van der Waals surface area (Å²) in [4.78, 5) is 15.4. The van der Waals surface area contributed by atoms with Gasteiger partial charge in [-0.05, 0) is 51.0 Å². The van der Waals surface area contributed by atoms with Gasteiger partial charge in [0.15, 0.2) is 5.82 Å². The highest BCUT2D eigenvalue weighted by molar-refractivity contribution is 5.96. The first kappa shape index (κ1) is 23.6. The fraction of sp³-hybridized carbons (Fsp3) is 0.333. The molecule has 186 valence electrons. The van der Waals surface area contributed by atoms with Crippen molar-refractivity contribution in [2.24, 2.45) is 5.92 Å². The molecule has 9 nitrogen and oxygen atoms in total. The van der Waals surface area contributed by atoms with Crippen LogP contribution in [0.4, 0.5) is 11.5 Å². The van der Waals surface area contributed by atoms with Crippen LogP contribution in [0.15, 0.2) is 48.5 Å². The molecule has 0 spiro atoms. The number of carbonyl (C=O) groups is 1. The molecule has 0 saturated carbocycles. The van der Waals surface area contributed by atoms with Crippen molar-refractivity contribution in [1.29, 1.82) is 0 Å². The summed E-state index contributed by atoms with van der Waals surface area (Å²) in [5, 5.41) is 18.0. The summed E-state index contributed by atoms with van der Waals surface area (Å²) in [7, 11) is 3.17. The van der Waals surface area contributed by atoms with Crippen LogP contribution in [0.1, 0.15) is 24.2 Å². The van der Waals surface area contributed by atoms with E-state index in [-0.39, 0.29) is 11.8 Å². The van der Waals surface area contributed by atoms with E-state index in [1.54, 1.807) is 32.4 Å². The number of carbonyl (C=O) groups excluding carboxylic acids is 1. The first-order valence-electron chi connectivity index (χ1n) is 12.1. The number of benzene rings is 2. The van der Waals surface area contributed by atoms with Gasteiger partial charge in [0, 0.05) is 19.2 Å². The Morgan fingerprint density at radius 3 is 2.61 bits per heavy atom. The highest BCUT2D eigenvalue weighted by atomic mass is 16.5. The van der Waals surface area contributed by atoms with Crippen molar-refractivity contribution in [1.82, 2.24) is 20.0 Å². The number of rotatable bonds is 6. The maximum atomic E-state index is 13.3. The minimum atomic E-state index is -0.217. The van der Waals surface area contributed by atoms with Crippen LogP contribution in [-0.4, -0.2) is 53.2 Å². The lowest BCUT2D eigenvalue weighted by molar-refractivity contribution is -0.120. The van der Waals surface area contributed by atoms with Gasteiger partial charge in [0.1, 0.15) is 17.0 Å². The summed E-state index contributed by atoms with van der Waals surface area (Å²) in [6, 6.07) is 15.4. The van der Waals surface area contributed by atoms with Crippen LogP contribution < -0.4 is 19.7 Å². The molecule has 2 aromatic carbocycles. The highest BCUT2D eigenvalue weighted by Crippen LogP contribution is 2.33. The van der Waals surface area contributed by atoms with Crippen LogP contribution in [-0.2, 0) is 4.79 Å². The molecule has 1 fully saturated rings. The number of para-hydroxylation sites is 1.